The Morgan fingerprint density at radius 2 is 2.00 bits per heavy atom. The van der Waals surface area contributed by atoms with Crippen LogP contribution in [-0.2, 0) is 11.3 Å². The van der Waals surface area contributed by atoms with Crippen LogP contribution in [0.4, 0.5) is 10.5 Å². The highest BCUT2D eigenvalue weighted by atomic mass is 79.9. The van der Waals surface area contributed by atoms with Crippen molar-refractivity contribution < 1.29 is 14.5 Å². The average molecular weight is 377 g/mol. The summed E-state index contributed by atoms with van der Waals surface area (Å²) in [7, 11) is 0. The maximum absolute atomic E-state index is 11.9. The van der Waals surface area contributed by atoms with E-state index in [1.165, 1.54) is 6.08 Å². The number of nitro groups is 1. The van der Waals surface area contributed by atoms with Crippen LogP contribution < -0.4 is 5.32 Å². The zero-order chi connectivity index (χ0) is 16.7. The molecule has 7 heteroatoms. The van der Waals surface area contributed by atoms with Crippen LogP contribution in [0.15, 0.2) is 59.2 Å². The highest BCUT2D eigenvalue weighted by molar-refractivity contribution is 9.10. The molecule has 2 aromatic rings. The van der Waals surface area contributed by atoms with Gasteiger partial charge in [0.25, 0.3) is 0 Å². The Bertz CT molecular complexity index is 732. The van der Waals surface area contributed by atoms with Gasteiger partial charge in [0.05, 0.1) is 10.6 Å². The van der Waals surface area contributed by atoms with Gasteiger partial charge in [0, 0.05) is 16.1 Å². The smallest absolute Gasteiger partial charge is 0.411 e. The lowest BCUT2D eigenvalue weighted by molar-refractivity contribution is -0.400. The van der Waals surface area contributed by atoms with E-state index >= 15 is 0 Å². The summed E-state index contributed by atoms with van der Waals surface area (Å²) in [6.45, 7) is 0.142. The summed E-state index contributed by atoms with van der Waals surface area (Å²) in [5.41, 5.74) is 1.78. The Hall–Kier alpha value is -2.67. The quantitative estimate of drug-likeness (QED) is 0.617. The van der Waals surface area contributed by atoms with E-state index in [0.29, 0.717) is 11.3 Å². The van der Waals surface area contributed by atoms with E-state index in [1.807, 2.05) is 30.3 Å². The molecule has 0 atom stereocenters. The van der Waals surface area contributed by atoms with Crippen LogP contribution in [0.5, 0.6) is 0 Å². The Morgan fingerprint density at radius 3 is 2.70 bits per heavy atom. The van der Waals surface area contributed by atoms with Crippen LogP contribution in [-0.4, -0.2) is 11.0 Å². The van der Waals surface area contributed by atoms with Gasteiger partial charge in [-0.3, -0.25) is 15.4 Å². The van der Waals surface area contributed by atoms with Gasteiger partial charge in [-0.05, 0) is 23.8 Å². The molecule has 0 bridgehead atoms. The summed E-state index contributed by atoms with van der Waals surface area (Å²) >= 11 is 3.28. The minimum Gasteiger partial charge on any atom is -0.444 e. The summed E-state index contributed by atoms with van der Waals surface area (Å²) in [4.78, 5) is 21.7. The number of anilines is 1. The fourth-order valence-corrected chi connectivity index (χ4v) is 2.17. The Labute approximate surface area is 141 Å². The molecular weight excluding hydrogens is 364 g/mol. The fourth-order valence-electron chi connectivity index (χ4n) is 1.80. The maximum atomic E-state index is 11.9. The second kappa shape index (κ2) is 8.09. The molecule has 23 heavy (non-hydrogen) atoms. The third kappa shape index (κ3) is 5.55. The number of nitrogens with one attached hydrogen (secondary N) is 1. The van der Waals surface area contributed by atoms with Crippen molar-refractivity contribution in [1.29, 1.82) is 0 Å². The largest absolute Gasteiger partial charge is 0.444 e. The molecule has 0 aliphatic rings. The normalized spacial score (nSPS) is 10.5. The number of hydrogen-bond donors (Lipinski definition) is 1. The molecule has 0 heterocycles. The third-order valence-electron chi connectivity index (χ3n) is 2.84. The Morgan fingerprint density at radius 1 is 1.26 bits per heavy atom. The first kappa shape index (κ1) is 16.7. The van der Waals surface area contributed by atoms with Gasteiger partial charge >= 0.3 is 6.09 Å². The van der Waals surface area contributed by atoms with Crippen molar-refractivity contribution in [3.05, 3.63) is 80.4 Å². The molecule has 0 radical (unpaired) electrons. The van der Waals surface area contributed by atoms with Crippen LogP contribution >= 0.6 is 15.9 Å². The van der Waals surface area contributed by atoms with E-state index in [2.05, 4.69) is 21.2 Å². The first-order chi connectivity index (χ1) is 11.0. The van der Waals surface area contributed by atoms with Crippen molar-refractivity contribution in [2.24, 2.45) is 0 Å². The minimum absolute atomic E-state index is 0.142. The molecule has 118 valence electrons. The molecule has 0 spiro atoms. The van der Waals surface area contributed by atoms with Gasteiger partial charge in [-0.2, -0.15) is 0 Å². The molecule has 0 unspecified atom stereocenters. The molecule has 2 aromatic carbocycles. The molecular formula is C16H13BrN2O4. The van der Waals surface area contributed by atoms with E-state index in [4.69, 9.17) is 4.74 Å². The second-order valence-corrected chi connectivity index (χ2v) is 5.44. The molecule has 0 fully saturated rings. The number of ether oxygens (including phenoxy) is 1. The topological polar surface area (TPSA) is 81.5 Å². The minimum atomic E-state index is -0.632. The standard InChI is InChI=1S/C16H13BrN2O4/c17-14-6-7-15(13(10-14)8-9-19(21)22)18-16(20)23-11-12-4-2-1-3-5-12/h1-10H,11H2,(H,18,20)/b9-8+. The predicted molar refractivity (Wildman–Crippen MR) is 90.4 cm³/mol. The molecule has 0 saturated heterocycles. The van der Waals surface area contributed by atoms with Crippen molar-refractivity contribution in [1.82, 2.24) is 0 Å². The molecule has 0 aromatic heterocycles. The van der Waals surface area contributed by atoms with Gasteiger partial charge in [-0.15, -0.1) is 0 Å². The number of nitrogens with zero attached hydrogens (tertiary/aromatic N) is 1. The number of benzene rings is 2. The lowest BCUT2D eigenvalue weighted by Crippen LogP contribution is -2.14. The van der Waals surface area contributed by atoms with Crippen molar-refractivity contribution in [2.45, 2.75) is 6.61 Å². The van der Waals surface area contributed by atoms with Gasteiger partial charge in [0.15, 0.2) is 0 Å². The number of hydrogen-bond acceptors (Lipinski definition) is 4. The van der Waals surface area contributed by atoms with Crippen molar-refractivity contribution in [3.8, 4) is 0 Å². The average Bonchev–Trinajstić information content (AvgIpc) is 2.54. The molecule has 1 N–H and O–H groups in total. The van der Waals surface area contributed by atoms with Gasteiger partial charge in [0.1, 0.15) is 6.61 Å². The van der Waals surface area contributed by atoms with E-state index < -0.39 is 11.0 Å². The van der Waals surface area contributed by atoms with Crippen LogP contribution in [0.3, 0.4) is 0 Å². The van der Waals surface area contributed by atoms with Crippen LogP contribution in [0.1, 0.15) is 11.1 Å². The van der Waals surface area contributed by atoms with E-state index in [-0.39, 0.29) is 6.61 Å². The molecule has 1 amide bonds. The van der Waals surface area contributed by atoms with Crippen LogP contribution in [0, 0.1) is 10.1 Å². The van der Waals surface area contributed by atoms with Crippen molar-refractivity contribution in [2.75, 3.05) is 5.32 Å². The van der Waals surface area contributed by atoms with Crippen LogP contribution in [0.25, 0.3) is 6.08 Å². The molecule has 0 aliphatic carbocycles. The number of amides is 1. The molecule has 2 rings (SSSR count). The zero-order valence-electron chi connectivity index (χ0n) is 11.9. The summed E-state index contributed by atoms with van der Waals surface area (Å²) in [6.07, 6.45) is 1.48. The maximum Gasteiger partial charge on any atom is 0.411 e. The first-order valence-electron chi connectivity index (χ1n) is 6.63. The zero-order valence-corrected chi connectivity index (χ0v) is 13.5. The molecule has 6 nitrogen and oxygen atoms in total. The summed E-state index contributed by atoms with van der Waals surface area (Å²) < 4.78 is 5.86. The Balaban J connectivity index is 2.04. The number of carbonyl (C=O) groups excluding carboxylic acids is 1. The van der Waals surface area contributed by atoms with E-state index in [9.17, 15) is 14.9 Å². The molecule has 0 aliphatic heterocycles. The Kier molecular flexibility index (Phi) is 5.87. The summed E-state index contributed by atoms with van der Waals surface area (Å²) in [6, 6.07) is 14.3. The summed E-state index contributed by atoms with van der Waals surface area (Å²) in [5.74, 6) is 0. The van der Waals surface area contributed by atoms with Gasteiger partial charge < -0.3 is 4.74 Å². The predicted octanol–water partition coefficient (Wildman–Crippen LogP) is 4.45. The van der Waals surface area contributed by atoms with E-state index in [0.717, 1.165) is 16.2 Å². The SMILES string of the molecule is O=C(Nc1ccc(Br)cc1/C=C/[N+](=O)[O-])OCc1ccccc1. The van der Waals surface area contributed by atoms with Gasteiger partial charge in [-0.1, -0.05) is 46.3 Å². The number of carbonyl (C=O) groups is 1. The second-order valence-electron chi connectivity index (χ2n) is 4.52. The van der Waals surface area contributed by atoms with Gasteiger partial charge in [0.2, 0.25) is 6.20 Å². The number of halogens is 1. The van der Waals surface area contributed by atoms with E-state index in [1.54, 1.807) is 18.2 Å². The lowest BCUT2D eigenvalue weighted by atomic mass is 10.2. The highest BCUT2D eigenvalue weighted by Crippen LogP contribution is 2.22. The van der Waals surface area contributed by atoms with Crippen LogP contribution in [0.2, 0.25) is 0 Å². The van der Waals surface area contributed by atoms with Crippen molar-refractivity contribution in [3.63, 3.8) is 0 Å². The monoisotopic (exact) mass is 376 g/mol. The third-order valence-corrected chi connectivity index (χ3v) is 3.33. The first-order valence-corrected chi connectivity index (χ1v) is 7.43. The molecule has 0 saturated carbocycles. The highest BCUT2D eigenvalue weighted by Gasteiger charge is 2.08. The van der Waals surface area contributed by atoms with Gasteiger partial charge in [-0.25, -0.2) is 4.79 Å². The number of rotatable bonds is 5. The summed E-state index contributed by atoms with van der Waals surface area (Å²) in [5, 5.41) is 13.0. The fraction of sp³-hybridized carbons (Fsp3) is 0.0625. The van der Waals surface area contributed by atoms with Crippen molar-refractivity contribution >= 4 is 33.8 Å². The lowest BCUT2D eigenvalue weighted by Gasteiger charge is -2.09.